The number of aromatic nitrogens is 2. The van der Waals surface area contributed by atoms with Crippen LogP contribution in [0.2, 0.25) is 0 Å². The van der Waals surface area contributed by atoms with E-state index >= 15 is 0 Å². The zero-order valence-corrected chi connectivity index (χ0v) is 15.7. The van der Waals surface area contributed by atoms with Gasteiger partial charge in [-0.2, -0.15) is 0 Å². The molecule has 0 aliphatic rings. The number of halogens is 2. The summed E-state index contributed by atoms with van der Waals surface area (Å²) in [5.41, 5.74) is 8.46. The molecular weight excluding hydrogens is 469 g/mol. The molecule has 0 saturated heterocycles. The number of hydrogen-bond donors (Lipinski definition) is 3. The van der Waals surface area contributed by atoms with E-state index in [-0.39, 0.29) is 0 Å². The molecule has 116 valence electrons. The van der Waals surface area contributed by atoms with Gasteiger partial charge in [-0.05, 0) is 74.9 Å². The maximum Gasteiger partial charge on any atom is 0.159 e. The van der Waals surface area contributed by atoms with Crippen molar-refractivity contribution in [3.05, 3.63) is 62.9 Å². The lowest BCUT2D eigenvalue weighted by molar-refractivity contribution is 1.17. The van der Waals surface area contributed by atoms with Gasteiger partial charge in [0.1, 0.15) is 12.0 Å². The molecule has 7 heteroatoms. The number of anilines is 5. The first-order valence-electron chi connectivity index (χ1n) is 6.78. The Labute approximate surface area is 156 Å². The number of benzene rings is 2. The highest BCUT2D eigenvalue weighted by atomic mass is 127. The molecule has 1 heterocycles. The molecule has 0 radical (unpaired) electrons. The molecule has 1 aromatic heterocycles. The smallest absolute Gasteiger partial charge is 0.159 e. The normalized spacial score (nSPS) is 10.3. The van der Waals surface area contributed by atoms with Crippen LogP contribution in [0.4, 0.5) is 28.7 Å². The molecule has 0 atom stereocenters. The van der Waals surface area contributed by atoms with Crippen LogP contribution >= 0.6 is 38.5 Å². The third-order valence-corrected chi connectivity index (χ3v) is 4.53. The molecule has 0 aliphatic carbocycles. The third-order valence-electron chi connectivity index (χ3n) is 3.12. The van der Waals surface area contributed by atoms with E-state index in [1.54, 1.807) is 0 Å². The minimum Gasteiger partial charge on any atom is -0.393 e. The molecule has 2 aromatic carbocycles. The van der Waals surface area contributed by atoms with Crippen molar-refractivity contribution in [3.8, 4) is 0 Å². The van der Waals surface area contributed by atoms with E-state index in [9.17, 15) is 0 Å². The van der Waals surface area contributed by atoms with E-state index < -0.39 is 0 Å². The Balaban J connectivity index is 1.86. The number of nitrogen functional groups attached to an aromatic ring is 1. The van der Waals surface area contributed by atoms with Gasteiger partial charge in [0.25, 0.3) is 0 Å². The van der Waals surface area contributed by atoms with Gasteiger partial charge in [0.15, 0.2) is 11.6 Å². The highest BCUT2D eigenvalue weighted by Crippen LogP contribution is 2.30. The minimum absolute atomic E-state index is 0.460. The number of nitrogens with one attached hydrogen (secondary N) is 2. The molecule has 5 nitrogen and oxygen atoms in total. The maximum atomic E-state index is 6.19. The van der Waals surface area contributed by atoms with Crippen LogP contribution in [0.5, 0.6) is 0 Å². The van der Waals surface area contributed by atoms with E-state index in [0.29, 0.717) is 17.3 Å². The maximum absolute atomic E-state index is 6.19. The van der Waals surface area contributed by atoms with E-state index in [1.165, 1.54) is 9.90 Å². The van der Waals surface area contributed by atoms with E-state index in [2.05, 4.69) is 59.1 Å². The van der Waals surface area contributed by atoms with Gasteiger partial charge in [0.2, 0.25) is 0 Å². The Hall–Kier alpha value is -1.87. The number of nitrogens with two attached hydrogens (primary N) is 1. The van der Waals surface area contributed by atoms with Gasteiger partial charge in [-0.15, -0.1) is 0 Å². The summed E-state index contributed by atoms with van der Waals surface area (Å²) in [5.74, 6) is 1.12. The summed E-state index contributed by atoms with van der Waals surface area (Å²) in [6.45, 7) is 0. The highest BCUT2D eigenvalue weighted by Gasteiger charge is 2.10. The Morgan fingerprint density at radius 2 is 1.57 bits per heavy atom. The van der Waals surface area contributed by atoms with Gasteiger partial charge in [-0.3, -0.25) is 0 Å². The molecule has 0 saturated carbocycles. The predicted molar refractivity (Wildman–Crippen MR) is 106 cm³/mol. The lowest BCUT2D eigenvalue weighted by atomic mass is 10.3. The lowest BCUT2D eigenvalue weighted by Crippen LogP contribution is -2.05. The second kappa shape index (κ2) is 7.14. The first kappa shape index (κ1) is 16.0. The van der Waals surface area contributed by atoms with Crippen LogP contribution < -0.4 is 16.4 Å². The second-order valence-corrected chi connectivity index (χ2v) is 6.82. The van der Waals surface area contributed by atoms with Crippen molar-refractivity contribution in [3.63, 3.8) is 0 Å². The van der Waals surface area contributed by atoms with Crippen molar-refractivity contribution in [1.82, 2.24) is 9.97 Å². The lowest BCUT2D eigenvalue weighted by Gasteiger charge is -2.13. The van der Waals surface area contributed by atoms with Crippen molar-refractivity contribution in [2.24, 2.45) is 0 Å². The van der Waals surface area contributed by atoms with Crippen LogP contribution in [0.1, 0.15) is 0 Å². The molecule has 23 heavy (non-hydrogen) atoms. The van der Waals surface area contributed by atoms with Crippen LogP contribution in [0, 0.1) is 3.57 Å². The van der Waals surface area contributed by atoms with Crippen molar-refractivity contribution in [2.75, 3.05) is 16.4 Å². The Morgan fingerprint density at radius 1 is 0.913 bits per heavy atom. The van der Waals surface area contributed by atoms with Crippen LogP contribution in [0.25, 0.3) is 0 Å². The molecule has 0 bridgehead atoms. The first-order valence-corrected chi connectivity index (χ1v) is 8.65. The quantitative estimate of drug-likeness (QED) is 0.461. The molecule has 0 amide bonds. The molecule has 4 N–H and O–H groups in total. The van der Waals surface area contributed by atoms with Crippen LogP contribution in [0.15, 0.2) is 59.3 Å². The van der Waals surface area contributed by atoms with Gasteiger partial charge < -0.3 is 16.4 Å². The summed E-state index contributed by atoms with van der Waals surface area (Å²) >= 11 is 5.76. The zero-order valence-electron chi connectivity index (χ0n) is 11.9. The second-order valence-electron chi connectivity index (χ2n) is 4.72. The van der Waals surface area contributed by atoms with Crippen LogP contribution in [-0.2, 0) is 0 Å². The molecule has 0 fully saturated rings. The summed E-state index contributed by atoms with van der Waals surface area (Å²) in [6.07, 6.45) is 1.48. The van der Waals surface area contributed by atoms with Crippen LogP contribution in [0.3, 0.4) is 0 Å². The largest absolute Gasteiger partial charge is 0.393 e. The number of para-hydroxylation sites is 1. The molecule has 3 aromatic rings. The number of hydrogen-bond acceptors (Lipinski definition) is 5. The zero-order chi connectivity index (χ0) is 16.2. The van der Waals surface area contributed by atoms with E-state index in [0.717, 1.165) is 15.8 Å². The average molecular weight is 482 g/mol. The SMILES string of the molecule is Nc1c(Nc2ccc(I)cc2)ncnc1Nc1ccccc1Br. The Kier molecular flexibility index (Phi) is 4.97. The first-order chi connectivity index (χ1) is 11.1. The minimum atomic E-state index is 0.460. The molecule has 0 spiro atoms. The van der Waals surface area contributed by atoms with E-state index in [4.69, 9.17) is 5.73 Å². The van der Waals surface area contributed by atoms with Gasteiger partial charge in [0, 0.05) is 13.7 Å². The van der Waals surface area contributed by atoms with Crippen molar-refractivity contribution in [2.45, 2.75) is 0 Å². The Bertz CT molecular complexity index is 823. The third kappa shape index (κ3) is 3.91. The molecule has 0 unspecified atom stereocenters. The predicted octanol–water partition coefficient (Wildman–Crippen LogP) is 4.91. The fraction of sp³-hybridized carbons (Fsp3) is 0. The highest BCUT2D eigenvalue weighted by molar-refractivity contribution is 14.1. The molecular formula is C16H13BrIN5. The Morgan fingerprint density at radius 3 is 2.26 bits per heavy atom. The summed E-state index contributed by atoms with van der Waals surface area (Å²) in [6, 6.07) is 15.8. The summed E-state index contributed by atoms with van der Waals surface area (Å²) in [7, 11) is 0. The van der Waals surface area contributed by atoms with Crippen molar-refractivity contribution in [1.29, 1.82) is 0 Å². The topological polar surface area (TPSA) is 75.9 Å². The standard InChI is InChI=1S/C16H13BrIN5/c17-12-3-1-2-4-13(12)23-16-14(19)15(20-9-21-16)22-11-7-5-10(18)6-8-11/h1-9H,19H2,(H2,20,21,22,23). The summed E-state index contributed by atoms with van der Waals surface area (Å²) in [5, 5.41) is 6.42. The van der Waals surface area contributed by atoms with Crippen molar-refractivity contribution < 1.29 is 0 Å². The van der Waals surface area contributed by atoms with Gasteiger partial charge in [-0.1, -0.05) is 12.1 Å². The fourth-order valence-electron chi connectivity index (χ4n) is 1.95. The van der Waals surface area contributed by atoms with Crippen LogP contribution in [-0.4, -0.2) is 9.97 Å². The van der Waals surface area contributed by atoms with Gasteiger partial charge in [-0.25, -0.2) is 9.97 Å². The van der Waals surface area contributed by atoms with Crippen molar-refractivity contribution >= 4 is 67.2 Å². The summed E-state index contributed by atoms with van der Waals surface area (Å²) in [4.78, 5) is 8.44. The summed E-state index contributed by atoms with van der Waals surface area (Å²) < 4.78 is 2.10. The van der Waals surface area contributed by atoms with Gasteiger partial charge >= 0.3 is 0 Å². The fourth-order valence-corrected chi connectivity index (χ4v) is 2.70. The average Bonchev–Trinajstić information content (AvgIpc) is 2.55. The molecule has 3 rings (SSSR count). The monoisotopic (exact) mass is 481 g/mol. The molecule has 0 aliphatic heterocycles. The number of nitrogens with zero attached hydrogens (tertiary/aromatic N) is 2. The number of rotatable bonds is 4. The van der Waals surface area contributed by atoms with E-state index in [1.807, 2.05) is 48.5 Å². The van der Waals surface area contributed by atoms with Gasteiger partial charge in [0.05, 0.1) is 5.69 Å².